The number of primary amides is 1. The van der Waals surface area contributed by atoms with Crippen LogP contribution in [0.3, 0.4) is 0 Å². The van der Waals surface area contributed by atoms with Gasteiger partial charge in [0.25, 0.3) is 5.91 Å². The minimum Gasteiger partial charge on any atom is -0.484 e. The summed E-state index contributed by atoms with van der Waals surface area (Å²) in [5.41, 5.74) is 8.27. The van der Waals surface area contributed by atoms with Gasteiger partial charge in [-0.05, 0) is 130 Å². The van der Waals surface area contributed by atoms with Crippen molar-refractivity contribution in [2.24, 2.45) is 41.2 Å². The van der Waals surface area contributed by atoms with E-state index in [-0.39, 0.29) is 134 Å². The zero-order chi connectivity index (χ0) is 79.5. The van der Waals surface area contributed by atoms with Crippen molar-refractivity contribution in [2.75, 3.05) is 78.4 Å². The number of carbonyl (C=O) groups excluding carboxylic acids is 11. The van der Waals surface area contributed by atoms with Crippen LogP contribution < -0.4 is 47.3 Å². The third-order valence-electron chi connectivity index (χ3n) is 20.8. The van der Waals surface area contributed by atoms with Crippen LogP contribution in [0.2, 0.25) is 0 Å². The molecule has 0 bridgehead atoms. The molecule has 8 N–H and O–H groups in total. The number of nitrogens with zero attached hydrogens (tertiary/aromatic N) is 6. The second-order valence-electron chi connectivity index (χ2n) is 29.9. The Balaban J connectivity index is 0.987. The van der Waals surface area contributed by atoms with E-state index in [0.717, 1.165) is 22.6 Å². The van der Waals surface area contributed by atoms with Crippen LogP contribution in [-0.2, 0) is 70.3 Å². The van der Waals surface area contributed by atoms with E-state index in [1.54, 1.807) is 84.4 Å². The molecule has 12 amide bonds. The van der Waals surface area contributed by atoms with Gasteiger partial charge in [-0.25, -0.2) is 9.78 Å². The van der Waals surface area contributed by atoms with E-state index in [2.05, 4.69) is 36.9 Å². The number of methoxy groups -OCH3 is 2. The number of thiazole rings is 1. The Labute approximate surface area is 642 Å². The largest absolute Gasteiger partial charge is 0.484 e. The summed E-state index contributed by atoms with van der Waals surface area (Å²) >= 11 is 1.48. The van der Waals surface area contributed by atoms with Crippen molar-refractivity contribution < 1.29 is 67.0 Å². The molecule has 594 valence electrons. The SMILES string of the molecule is CC[C@H](C)C([C@@H](CC(=O)N1CCC[C@H]1[C@H](OC)[C@@H](C)C(=O)N[C@@H](Cc1ccccc1)c1nccs1)OC)N(C)C(=O)[C@@H](NC(=O)[C@H](C(C)C)N(C)CCc1ccc(N(C)C(=O)COc2ccc(NC(=O)[C@H](CCCNC(N)=O)NC(=O)[C@@H](NC(=O)CCCCCN3C(=O)CC(C)C3=O)C(C)C)cc2)cc1)C(C)C. The van der Waals surface area contributed by atoms with Crippen LogP contribution in [0.4, 0.5) is 16.2 Å². The quantitative estimate of drug-likeness (QED) is 0.0164. The molecule has 0 saturated carbocycles. The Bertz CT molecular complexity index is 3590. The number of hydrogen-bond acceptors (Lipinski definition) is 17. The molecule has 2 saturated heterocycles. The summed E-state index contributed by atoms with van der Waals surface area (Å²) in [6.07, 6.45) is 5.89. The third kappa shape index (κ3) is 25.6. The highest BCUT2D eigenvalue weighted by molar-refractivity contribution is 7.09. The standard InChI is InChI=1S/C80H119N13O14S/c1-16-52(8)71(63(105-14)47-66(96)92-42-24-28-62(92)72(106-15)54(10)73(98)86-61(77-82-40-44-108-77)46-56-25-19-17-20-26-56)91(13)79(103)69(50(4)5)88-76(101)70(51(6)7)89(11)43-38-55-30-34-58(35-31-55)90(12)67(97)48-107-59-36-32-57(33-37-59)84-74(99)60(27-23-39-83-80(81)104)85-75(100)68(49(2)3)87-64(94)29-21-18-22-41-93-65(95)45-53(9)78(93)102/h17,19-20,25-26,30-37,40,44,49-54,60-63,68-72H,16,18,21-24,27-29,38-39,41-43,45-48H2,1-15H3,(H,84,99)(H,85,100)(H,86,98)(H,87,94)(H,88,101)(H3,81,83,104)/t52-,53?,54+,60-,61-,62-,63+,68-,69-,70-,71?,72+/m0/s1. The Kier molecular flexibility index (Phi) is 35.3. The van der Waals surface area contributed by atoms with E-state index < -0.39 is 66.2 Å². The maximum Gasteiger partial charge on any atom is 0.312 e. The predicted molar refractivity (Wildman–Crippen MR) is 416 cm³/mol. The molecule has 0 aliphatic carbocycles. The van der Waals surface area contributed by atoms with Crippen LogP contribution in [-0.4, -0.2) is 206 Å². The number of aromatic nitrogens is 1. The number of anilines is 2. The number of urea groups is 1. The molecule has 3 aromatic carbocycles. The first kappa shape index (κ1) is 88.0. The molecule has 2 aliphatic heterocycles. The number of ether oxygens (including phenoxy) is 3. The number of nitrogens with one attached hydrogen (secondary N) is 6. The number of carbonyl (C=O) groups is 11. The third-order valence-corrected chi connectivity index (χ3v) is 21.7. The molecular weight excluding hydrogens is 1400 g/mol. The van der Waals surface area contributed by atoms with Crippen LogP contribution in [0.15, 0.2) is 90.4 Å². The molecule has 2 fully saturated rings. The first-order chi connectivity index (χ1) is 51.4. The molecule has 3 heterocycles. The van der Waals surface area contributed by atoms with Gasteiger partial charge in [0.1, 0.15) is 28.9 Å². The maximum atomic E-state index is 14.9. The molecule has 2 unspecified atom stereocenters. The number of rotatable bonds is 44. The zero-order valence-electron chi connectivity index (χ0n) is 65.9. The van der Waals surface area contributed by atoms with E-state index in [1.807, 2.05) is 125 Å². The minimum absolute atomic E-state index is 0.0253. The van der Waals surface area contributed by atoms with E-state index in [1.165, 1.54) is 21.1 Å². The summed E-state index contributed by atoms with van der Waals surface area (Å²) < 4.78 is 18.2. The fraction of sp³-hybridized carbons (Fsp3) is 0.600. The highest BCUT2D eigenvalue weighted by Gasteiger charge is 2.44. The van der Waals surface area contributed by atoms with Crippen molar-refractivity contribution >= 4 is 87.8 Å². The fourth-order valence-electron chi connectivity index (χ4n) is 14.3. The van der Waals surface area contributed by atoms with Crippen molar-refractivity contribution in [2.45, 2.75) is 207 Å². The van der Waals surface area contributed by atoms with Gasteiger partial charge in [0.05, 0.1) is 48.7 Å². The normalized spacial score (nSPS) is 17.2. The number of likely N-dealkylation sites (N-methyl/N-ethyl adjacent to an activating group) is 3. The maximum absolute atomic E-state index is 14.9. The lowest BCUT2D eigenvalue weighted by Crippen LogP contribution is -2.60. The summed E-state index contributed by atoms with van der Waals surface area (Å²) in [5, 5.41) is 19.9. The van der Waals surface area contributed by atoms with E-state index in [9.17, 15) is 52.7 Å². The molecule has 12 atom stereocenters. The molecular formula is C80H119N13O14S. The molecule has 0 radical (unpaired) electrons. The summed E-state index contributed by atoms with van der Waals surface area (Å²) in [7, 11) is 8.38. The number of benzene rings is 3. The Morgan fingerprint density at radius 2 is 1.43 bits per heavy atom. The molecule has 27 nitrogen and oxygen atoms in total. The summed E-state index contributed by atoms with van der Waals surface area (Å²) in [6, 6.07) is 18.2. The van der Waals surface area contributed by atoms with Gasteiger partial charge < -0.3 is 66.5 Å². The number of hydrogen-bond donors (Lipinski definition) is 7. The van der Waals surface area contributed by atoms with Gasteiger partial charge >= 0.3 is 6.03 Å². The van der Waals surface area contributed by atoms with Gasteiger partial charge in [0.2, 0.25) is 53.2 Å². The first-order valence-corrected chi connectivity index (χ1v) is 39.0. The van der Waals surface area contributed by atoms with E-state index >= 15 is 0 Å². The van der Waals surface area contributed by atoms with E-state index in [4.69, 9.17) is 19.9 Å². The Hall–Kier alpha value is -8.86. The highest BCUT2D eigenvalue weighted by Crippen LogP contribution is 2.32. The average molecular weight is 1520 g/mol. The van der Waals surface area contributed by atoms with Gasteiger partial charge in [-0.3, -0.25) is 57.7 Å². The van der Waals surface area contributed by atoms with Crippen LogP contribution >= 0.6 is 11.3 Å². The average Bonchev–Trinajstić information content (AvgIpc) is 1.43. The van der Waals surface area contributed by atoms with Crippen LogP contribution in [0, 0.1) is 35.5 Å². The first-order valence-electron chi connectivity index (χ1n) is 38.1. The smallest absolute Gasteiger partial charge is 0.312 e. The minimum atomic E-state index is -1.08. The van der Waals surface area contributed by atoms with Gasteiger partial charge in [-0.1, -0.05) is 125 Å². The number of unbranched alkanes of at least 4 members (excludes halogenated alkanes) is 2. The molecule has 4 aromatic rings. The van der Waals surface area contributed by atoms with E-state index in [0.29, 0.717) is 81.7 Å². The molecule has 108 heavy (non-hydrogen) atoms. The van der Waals surface area contributed by atoms with Gasteiger partial charge in [0.15, 0.2) is 6.61 Å². The number of imide groups is 1. The van der Waals surface area contributed by atoms with Crippen LogP contribution in [0.25, 0.3) is 0 Å². The number of nitrogens with two attached hydrogens (primary N) is 1. The number of likely N-dealkylation sites (tertiary alicyclic amines) is 2. The second kappa shape index (κ2) is 43.4. The lowest BCUT2D eigenvalue weighted by Gasteiger charge is -2.41. The Morgan fingerprint density at radius 3 is 2.02 bits per heavy atom. The summed E-state index contributed by atoms with van der Waals surface area (Å²) in [5.74, 6) is -4.65. The molecule has 0 spiro atoms. The predicted octanol–water partition coefficient (Wildman–Crippen LogP) is 7.81. The lowest BCUT2D eigenvalue weighted by molar-refractivity contribution is -0.148. The molecule has 2 aliphatic rings. The second-order valence-corrected chi connectivity index (χ2v) is 30.8. The molecule has 28 heteroatoms. The summed E-state index contributed by atoms with van der Waals surface area (Å²) in [4.78, 5) is 161. The highest BCUT2D eigenvalue weighted by atomic mass is 32.1. The number of amides is 12. The van der Waals surface area contributed by atoms with Gasteiger partial charge in [0, 0.05) is 96.2 Å². The van der Waals surface area contributed by atoms with Crippen molar-refractivity contribution in [3.63, 3.8) is 0 Å². The lowest BCUT2D eigenvalue weighted by atomic mass is 9.89. The molecule has 1 aromatic heterocycles. The van der Waals surface area contributed by atoms with Crippen molar-refractivity contribution in [3.05, 3.63) is 107 Å². The zero-order valence-corrected chi connectivity index (χ0v) is 66.7. The van der Waals surface area contributed by atoms with Crippen LogP contribution in [0.1, 0.15) is 162 Å². The van der Waals surface area contributed by atoms with Gasteiger partial charge in [-0.2, -0.15) is 0 Å². The summed E-state index contributed by atoms with van der Waals surface area (Å²) in [6.45, 7) is 20.0. The van der Waals surface area contributed by atoms with Crippen molar-refractivity contribution in [1.29, 1.82) is 0 Å². The topological polar surface area (TPSA) is 343 Å². The Morgan fingerprint density at radius 1 is 0.741 bits per heavy atom. The van der Waals surface area contributed by atoms with Crippen molar-refractivity contribution in [1.82, 2.24) is 51.2 Å². The van der Waals surface area contributed by atoms with Crippen molar-refractivity contribution in [3.8, 4) is 5.75 Å². The molecule has 6 rings (SSSR count). The van der Waals surface area contributed by atoms with Crippen LogP contribution in [0.5, 0.6) is 5.75 Å². The van der Waals surface area contributed by atoms with Gasteiger partial charge in [-0.15, -0.1) is 11.3 Å². The fourth-order valence-corrected chi connectivity index (χ4v) is 15.0. The monoisotopic (exact) mass is 1520 g/mol.